The molecule has 0 aromatic heterocycles. The summed E-state index contributed by atoms with van der Waals surface area (Å²) in [5, 5.41) is 0. The Labute approximate surface area is 112 Å². The highest BCUT2D eigenvalue weighted by atomic mass is 79.9. The second-order valence-electron chi connectivity index (χ2n) is 3.86. The quantitative estimate of drug-likeness (QED) is 0.674. The van der Waals surface area contributed by atoms with E-state index in [1.807, 2.05) is 0 Å². The van der Waals surface area contributed by atoms with Crippen molar-refractivity contribution in [2.24, 2.45) is 5.84 Å². The van der Waals surface area contributed by atoms with E-state index in [1.165, 1.54) is 24.3 Å². The van der Waals surface area contributed by atoms with Crippen LogP contribution in [-0.4, -0.2) is 0 Å². The highest BCUT2D eigenvalue weighted by Crippen LogP contribution is 2.25. The maximum Gasteiger partial charge on any atom is 0.124 e. The molecule has 0 saturated carbocycles. The lowest BCUT2D eigenvalue weighted by atomic mass is 9.99. The van der Waals surface area contributed by atoms with Crippen molar-refractivity contribution >= 4 is 15.9 Å². The summed E-state index contributed by atoms with van der Waals surface area (Å²) in [5.74, 6) is 4.74. The van der Waals surface area contributed by atoms with Crippen molar-refractivity contribution in [3.05, 3.63) is 69.7 Å². The fourth-order valence-corrected chi connectivity index (χ4v) is 2.30. The molecule has 5 heteroatoms. The van der Waals surface area contributed by atoms with Crippen LogP contribution in [0.1, 0.15) is 17.2 Å². The van der Waals surface area contributed by atoms with E-state index in [4.69, 9.17) is 5.84 Å². The van der Waals surface area contributed by atoms with Gasteiger partial charge in [0.2, 0.25) is 0 Å². The first-order valence-electron chi connectivity index (χ1n) is 5.28. The Bertz CT molecular complexity index is 540. The summed E-state index contributed by atoms with van der Waals surface area (Å²) in [5.41, 5.74) is 3.82. The molecule has 3 N–H and O–H groups in total. The molecule has 0 fully saturated rings. The smallest absolute Gasteiger partial charge is 0.124 e. The first-order valence-corrected chi connectivity index (χ1v) is 6.07. The highest BCUT2D eigenvalue weighted by Gasteiger charge is 2.14. The van der Waals surface area contributed by atoms with Gasteiger partial charge in [-0.2, -0.15) is 0 Å². The fourth-order valence-electron chi connectivity index (χ4n) is 1.81. The molecule has 0 bridgehead atoms. The summed E-state index contributed by atoms with van der Waals surface area (Å²) in [6.45, 7) is 0. The minimum atomic E-state index is -0.465. The van der Waals surface area contributed by atoms with Gasteiger partial charge in [0.1, 0.15) is 11.6 Å². The summed E-state index contributed by atoms with van der Waals surface area (Å²) in [7, 11) is 0. The van der Waals surface area contributed by atoms with Gasteiger partial charge in [-0.25, -0.2) is 14.2 Å². The van der Waals surface area contributed by atoms with E-state index in [-0.39, 0.29) is 11.6 Å². The van der Waals surface area contributed by atoms with Gasteiger partial charge in [0, 0.05) is 4.47 Å². The molecule has 1 atom stereocenters. The van der Waals surface area contributed by atoms with Crippen LogP contribution < -0.4 is 11.3 Å². The van der Waals surface area contributed by atoms with Crippen molar-refractivity contribution in [1.82, 2.24) is 5.43 Å². The van der Waals surface area contributed by atoms with Gasteiger partial charge in [0.05, 0.1) is 6.04 Å². The van der Waals surface area contributed by atoms with Crippen LogP contribution in [0.5, 0.6) is 0 Å². The number of hydrazine groups is 1. The Balaban J connectivity index is 2.45. The zero-order valence-corrected chi connectivity index (χ0v) is 10.9. The predicted molar refractivity (Wildman–Crippen MR) is 69.7 cm³/mol. The number of hydrogen-bond donors (Lipinski definition) is 2. The van der Waals surface area contributed by atoms with Crippen molar-refractivity contribution in [2.45, 2.75) is 6.04 Å². The van der Waals surface area contributed by atoms with E-state index in [2.05, 4.69) is 21.4 Å². The number of nitrogens with two attached hydrogens (primary N) is 1. The number of halogens is 3. The summed E-state index contributed by atoms with van der Waals surface area (Å²) in [6, 6.07) is 10.0. The predicted octanol–water partition coefficient (Wildman–Crippen LogP) is 3.28. The molecule has 0 saturated heterocycles. The summed E-state index contributed by atoms with van der Waals surface area (Å²) in [6.07, 6.45) is 0. The standard InChI is InChI=1S/C13H11BrF2N2/c14-10-4-9(6-12(16)7-10)13(18-17)8-2-1-3-11(15)5-8/h1-7,13,18H,17H2. The van der Waals surface area contributed by atoms with Gasteiger partial charge < -0.3 is 0 Å². The molecule has 18 heavy (non-hydrogen) atoms. The summed E-state index contributed by atoms with van der Waals surface area (Å²) < 4.78 is 27.1. The molecule has 2 aromatic carbocycles. The van der Waals surface area contributed by atoms with E-state index >= 15 is 0 Å². The van der Waals surface area contributed by atoms with Crippen molar-refractivity contribution in [2.75, 3.05) is 0 Å². The summed E-state index contributed by atoms with van der Waals surface area (Å²) in [4.78, 5) is 0. The maximum atomic E-state index is 13.3. The molecule has 0 radical (unpaired) electrons. The van der Waals surface area contributed by atoms with Crippen LogP contribution >= 0.6 is 15.9 Å². The minimum absolute atomic E-state index is 0.358. The third-order valence-electron chi connectivity index (χ3n) is 2.57. The zero-order chi connectivity index (χ0) is 13.1. The van der Waals surface area contributed by atoms with Crippen LogP contribution in [0.3, 0.4) is 0 Å². The van der Waals surface area contributed by atoms with E-state index < -0.39 is 6.04 Å². The largest absolute Gasteiger partial charge is 0.271 e. The number of benzene rings is 2. The van der Waals surface area contributed by atoms with Gasteiger partial charge in [-0.15, -0.1) is 0 Å². The molecule has 0 heterocycles. The topological polar surface area (TPSA) is 38.0 Å². The van der Waals surface area contributed by atoms with Crippen molar-refractivity contribution in [1.29, 1.82) is 0 Å². The second kappa shape index (κ2) is 5.56. The van der Waals surface area contributed by atoms with Crippen LogP contribution in [0.2, 0.25) is 0 Å². The molecule has 0 aliphatic carbocycles. The summed E-state index contributed by atoms with van der Waals surface area (Å²) >= 11 is 3.21. The van der Waals surface area contributed by atoms with Gasteiger partial charge >= 0.3 is 0 Å². The van der Waals surface area contributed by atoms with Crippen molar-refractivity contribution < 1.29 is 8.78 Å². The van der Waals surface area contributed by atoms with Gasteiger partial charge in [0.25, 0.3) is 0 Å². The van der Waals surface area contributed by atoms with Crippen LogP contribution in [0.25, 0.3) is 0 Å². The van der Waals surface area contributed by atoms with E-state index in [0.717, 1.165) is 0 Å². The Morgan fingerprint density at radius 1 is 1.00 bits per heavy atom. The monoisotopic (exact) mass is 312 g/mol. The lowest BCUT2D eigenvalue weighted by molar-refractivity contribution is 0.594. The second-order valence-corrected chi connectivity index (χ2v) is 4.77. The molecule has 0 aliphatic rings. The van der Waals surface area contributed by atoms with Crippen LogP contribution in [0.15, 0.2) is 46.9 Å². The Morgan fingerprint density at radius 2 is 1.72 bits per heavy atom. The molecule has 94 valence electrons. The average molecular weight is 313 g/mol. The van der Waals surface area contributed by atoms with Gasteiger partial charge in [0.15, 0.2) is 0 Å². The number of rotatable bonds is 3. The molecule has 1 unspecified atom stereocenters. The SMILES string of the molecule is NNC(c1cccc(F)c1)c1cc(F)cc(Br)c1. The minimum Gasteiger partial charge on any atom is -0.271 e. The lowest BCUT2D eigenvalue weighted by Gasteiger charge is -2.17. The molecule has 2 aromatic rings. The maximum absolute atomic E-state index is 13.3. The van der Waals surface area contributed by atoms with E-state index in [1.54, 1.807) is 18.2 Å². The van der Waals surface area contributed by atoms with Crippen molar-refractivity contribution in [3.63, 3.8) is 0 Å². The van der Waals surface area contributed by atoms with Gasteiger partial charge in [-0.05, 0) is 41.5 Å². The molecule has 2 nitrogen and oxygen atoms in total. The van der Waals surface area contributed by atoms with Crippen molar-refractivity contribution in [3.8, 4) is 0 Å². The molecule has 0 aliphatic heterocycles. The Hall–Kier alpha value is -1.30. The van der Waals surface area contributed by atoms with Crippen LogP contribution in [0.4, 0.5) is 8.78 Å². The normalized spacial score (nSPS) is 12.4. The third-order valence-corrected chi connectivity index (χ3v) is 3.02. The molecular formula is C13H11BrF2N2. The molecule has 2 rings (SSSR count). The molecular weight excluding hydrogens is 302 g/mol. The van der Waals surface area contributed by atoms with E-state index in [0.29, 0.717) is 15.6 Å². The first-order chi connectivity index (χ1) is 8.60. The van der Waals surface area contributed by atoms with E-state index in [9.17, 15) is 8.78 Å². The Morgan fingerprint density at radius 3 is 2.33 bits per heavy atom. The Kier molecular flexibility index (Phi) is 4.06. The number of hydrogen-bond acceptors (Lipinski definition) is 2. The van der Waals surface area contributed by atoms with Gasteiger partial charge in [-0.3, -0.25) is 5.84 Å². The third kappa shape index (κ3) is 2.93. The lowest BCUT2D eigenvalue weighted by Crippen LogP contribution is -2.29. The van der Waals surface area contributed by atoms with Gasteiger partial charge in [-0.1, -0.05) is 28.1 Å². The zero-order valence-electron chi connectivity index (χ0n) is 9.33. The highest BCUT2D eigenvalue weighted by molar-refractivity contribution is 9.10. The molecule has 0 spiro atoms. The number of nitrogens with one attached hydrogen (secondary N) is 1. The average Bonchev–Trinajstić information content (AvgIpc) is 2.28. The fraction of sp³-hybridized carbons (Fsp3) is 0.0769. The van der Waals surface area contributed by atoms with Crippen LogP contribution in [-0.2, 0) is 0 Å². The molecule has 0 amide bonds. The first kappa shape index (κ1) is 13.1. The van der Waals surface area contributed by atoms with Crippen LogP contribution in [0, 0.1) is 11.6 Å².